The lowest BCUT2D eigenvalue weighted by atomic mass is 9.72. The van der Waals surface area contributed by atoms with Gasteiger partial charge in [-0.2, -0.15) is 4.99 Å². The minimum atomic E-state index is -0.850. The van der Waals surface area contributed by atoms with Crippen LogP contribution in [0.3, 0.4) is 0 Å². The second-order valence-corrected chi connectivity index (χ2v) is 4.77. The molecule has 2 rings (SSSR count). The number of rotatable bonds is 4. The van der Waals surface area contributed by atoms with Crippen molar-refractivity contribution in [2.45, 2.75) is 44.3 Å². The van der Waals surface area contributed by atoms with Gasteiger partial charge in [0.25, 0.3) is 0 Å². The Hall–Kier alpha value is -1.47. The molecule has 3 heteroatoms. The summed E-state index contributed by atoms with van der Waals surface area (Å²) < 4.78 is 13.0. The number of hydrogen-bond donors (Lipinski definition) is 0. The van der Waals surface area contributed by atoms with Crippen LogP contribution in [0.1, 0.15) is 37.3 Å². The number of carbonyl (C=O) groups excluding carboxylic acids is 1. The predicted molar refractivity (Wildman–Crippen MR) is 64.4 cm³/mol. The second kappa shape index (κ2) is 4.80. The van der Waals surface area contributed by atoms with E-state index in [-0.39, 0.29) is 5.54 Å². The van der Waals surface area contributed by atoms with Crippen molar-refractivity contribution in [3.8, 4) is 0 Å². The van der Waals surface area contributed by atoms with Crippen LogP contribution >= 0.6 is 0 Å². The van der Waals surface area contributed by atoms with Crippen LogP contribution < -0.4 is 0 Å². The SMILES string of the molecule is CC(F)Cc1cccc(C2(N=C=O)CCC2)c1. The maximum Gasteiger partial charge on any atom is 0.235 e. The van der Waals surface area contributed by atoms with Crippen molar-refractivity contribution in [2.75, 3.05) is 0 Å². The normalized spacial score (nSPS) is 18.9. The van der Waals surface area contributed by atoms with Gasteiger partial charge in [-0.3, -0.25) is 0 Å². The zero-order chi connectivity index (χ0) is 12.3. The summed E-state index contributed by atoms with van der Waals surface area (Å²) >= 11 is 0. The maximum absolute atomic E-state index is 13.0. The molecule has 0 radical (unpaired) electrons. The van der Waals surface area contributed by atoms with E-state index in [1.165, 1.54) is 0 Å². The van der Waals surface area contributed by atoms with Crippen LogP contribution in [0, 0.1) is 0 Å². The highest BCUT2D eigenvalue weighted by Crippen LogP contribution is 2.44. The molecule has 0 heterocycles. The number of isocyanates is 1. The first-order valence-corrected chi connectivity index (χ1v) is 5.99. The van der Waals surface area contributed by atoms with Crippen molar-refractivity contribution in [3.05, 3.63) is 35.4 Å². The van der Waals surface area contributed by atoms with Gasteiger partial charge >= 0.3 is 0 Å². The molecule has 0 aromatic heterocycles. The first kappa shape index (κ1) is 12.0. The molecular formula is C14H16FNO. The molecule has 1 saturated carbocycles. The molecule has 2 nitrogen and oxygen atoms in total. The number of hydrogen-bond acceptors (Lipinski definition) is 2. The molecule has 0 bridgehead atoms. The second-order valence-electron chi connectivity index (χ2n) is 4.77. The van der Waals surface area contributed by atoms with Gasteiger partial charge in [-0.25, -0.2) is 9.18 Å². The summed E-state index contributed by atoms with van der Waals surface area (Å²) in [5.74, 6) is 0. The van der Waals surface area contributed by atoms with E-state index >= 15 is 0 Å². The predicted octanol–water partition coefficient (Wildman–Crippen LogP) is 3.30. The van der Waals surface area contributed by atoms with E-state index in [0.29, 0.717) is 6.42 Å². The van der Waals surface area contributed by atoms with E-state index in [1.54, 1.807) is 13.0 Å². The summed E-state index contributed by atoms with van der Waals surface area (Å²) in [6.45, 7) is 1.55. The lowest BCUT2D eigenvalue weighted by Gasteiger charge is -2.37. The smallest absolute Gasteiger partial charge is 0.235 e. The largest absolute Gasteiger partial charge is 0.247 e. The van der Waals surface area contributed by atoms with Gasteiger partial charge in [0.2, 0.25) is 6.08 Å². The standard InChI is InChI=1S/C14H16FNO/c1-11(15)8-12-4-2-5-13(9-12)14(16-10-17)6-3-7-14/h2,4-5,9,11H,3,6-8H2,1H3. The first-order valence-electron chi connectivity index (χ1n) is 5.99. The van der Waals surface area contributed by atoms with Crippen LogP contribution in [0.5, 0.6) is 0 Å². The highest BCUT2D eigenvalue weighted by Gasteiger charge is 2.38. The van der Waals surface area contributed by atoms with Gasteiger partial charge in [-0.05, 0) is 37.3 Å². The third-order valence-electron chi connectivity index (χ3n) is 3.42. The zero-order valence-corrected chi connectivity index (χ0v) is 9.95. The van der Waals surface area contributed by atoms with Crippen molar-refractivity contribution < 1.29 is 9.18 Å². The summed E-state index contributed by atoms with van der Waals surface area (Å²) in [6, 6.07) is 7.76. The average Bonchev–Trinajstić information content (AvgIpc) is 2.23. The van der Waals surface area contributed by atoms with Crippen LogP contribution in [-0.4, -0.2) is 12.3 Å². The average molecular weight is 233 g/mol. The van der Waals surface area contributed by atoms with Crippen molar-refractivity contribution >= 4 is 6.08 Å². The molecule has 0 N–H and O–H groups in total. The van der Waals surface area contributed by atoms with Crippen LogP contribution in [0.2, 0.25) is 0 Å². The Morgan fingerprint density at radius 1 is 1.53 bits per heavy atom. The van der Waals surface area contributed by atoms with Crippen molar-refractivity contribution in [3.63, 3.8) is 0 Å². The number of alkyl halides is 1. The summed E-state index contributed by atoms with van der Waals surface area (Å²) in [7, 11) is 0. The van der Waals surface area contributed by atoms with Crippen LogP contribution in [0.25, 0.3) is 0 Å². The molecule has 1 aromatic carbocycles. The third kappa shape index (κ3) is 2.45. The molecule has 0 amide bonds. The zero-order valence-electron chi connectivity index (χ0n) is 9.95. The minimum Gasteiger partial charge on any atom is -0.247 e. The number of nitrogens with zero attached hydrogens (tertiary/aromatic N) is 1. The van der Waals surface area contributed by atoms with Crippen molar-refractivity contribution in [1.82, 2.24) is 0 Å². The highest BCUT2D eigenvalue weighted by atomic mass is 19.1. The molecule has 1 aliphatic carbocycles. The van der Waals surface area contributed by atoms with Crippen molar-refractivity contribution in [1.29, 1.82) is 0 Å². The molecule has 0 aliphatic heterocycles. The summed E-state index contributed by atoms with van der Waals surface area (Å²) in [6.07, 6.45) is 4.08. The van der Waals surface area contributed by atoms with Gasteiger partial charge in [0.15, 0.2) is 0 Å². The summed E-state index contributed by atoms with van der Waals surface area (Å²) in [5, 5.41) is 0. The third-order valence-corrected chi connectivity index (χ3v) is 3.42. The van der Waals surface area contributed by atoms with Crippen LogP contribution in [0.4, 0.5) is 4.39 Å². The number of benzene rings is 1. The Labute approximate surface area is 101 Å². The fourth-order valence-electron chi connectivity index (χ4n) is 2.38. The van der Waals surface area contributed by atoms with E-state index in [4.69, 9.17) is 0 Å². The Bertz CT molecular complexity index is 445. The van der Waals surface area contributed by atoms with E-state index in [2.05, 4.69) is 4.99 Å². The molecule has 90 valence electrons. The molecule has 1 atom stereocenters. The first-order chi connectivity index (χ1) is 8.16. The van der Waals surface area contributed by atoms with Gasteiger partial charge < -0.3 is 0 Å². The van der Waals surface area contributed by atoms with Crippen LogP contribution in [-0.2, 0) is 16.8 Å². The number of halogens is 1. The molecule has 1 fully saturated rings. The Morgan fingerprint density at radius 3 is 2.82 bits per heavy atom. The van der Waals surface area contributed by atoms with Gasteiger partial charge in [0, 0.05) is 6.42 Å². The molecule has 1 unspecified atom stereocenters. The van der Waals surface area contributed by atoms with Gasteiger partial charge in [-0.15, -0.1) is 0 Å². The van der Waals surface area contributed by atoms with Gasteiger partial charge in [0.05, 0.1) is 5.54 Å². The molecular weight excluding hydrogens is 217 g/mol. The Morgan fingerprint density at radius 2 is 2.29 bits per heavy atom. The molecule has 0 saturated heterocycles. The topological polar surface area (TPSA) is 29.4 Å². The van der Waals surface area contributed by atoms with Crippen molar-refractivity contribution in [2.24, 2.45) is 4.99 Å². The summed E-state index contributed by atoms with van der Waals surface area (Å²) in [5.41, 5.74) is 1.60. The maximum atomic E-state index is 13.0. The van der Waals surface area contributed by atoms with E-state index in [9.17, 15) is 9.18 Å². The molecule has 1 aliphatic rings. The fourth-order valence-corrected chi connectivity index (χ4v) is 2.38. The minimum absolute atomic E-state index is 0.378. The highest BCUT2D eigenvalue weighted by molar-refractivity contribution is 5.40. The summed E-state index contributed by atoms with van der Waals surface area (Å²) in [4.78, 5) is 14.5. The molecule has 17 heavy (non-hydrogen) atoms. The molecule has 1 aromatic rings. The molecule has 0 spiro atoms. The Balaban J connectivity index is 2.29. The van der Waals surface area contributed by atoms with E-state index in [0.717, 1.165) is 30.4 Å². The fraction of sp³-hybridized carbons (Fsp3) is 0.500. The lowest BCUT2D eigenvalue weighted by molar-refractivity contribution is 0.255. The monoisotopic (exact) mass is 233 g/mol. The quantitative estimate of drug-likeness (QED) is 0.579. The van der Waals surface area contributed by atoms with E-state index in [1.807, 2.05) is 24.3 Å². The number of aliphatic imine (C=N–C) groups is 1. The van der Waals surface area contributed by atoms with Gasteiger partial charge in [0.1, 0.15) is 6.17 Å². The lowest BCUT2D eigenvalue weighted by Crippen LogP contribution is -2.31. The van der Waals surface area contributed by atoms with E-state index < -0.39 is 6.17 Å². The Kier molecular flexibility index (Phi) is 3.39. The van der Waals surface area contributed by atoms with Crippen LogP contribution in [0.15, 0.2) is 29.3 Å². The van der Waals surface area contributed by atoms with Gasteiger partial charge in [-0.1, -0.05) is 24.3 Å².